The number of aryl methyl sites for hydroxylation is 1. The van der Waals surface area contributed by atoms with Gasteiger partial charge in [0.25, 0.3) is 0 Å². The summed E-state index contributed by atoms with van der Waals surface area (Å²) in [5.74, 6) is 1.91. The third-order valence-corrected chi connectivity index (χ3v) is 4.19. The third-order valence-electron chi connectivity index (χ3n) is 3.73. The molecule has 0 radical (unpaired) electrons. The summed E-state index contributed by atoms with van der Waals surface area (Å²) in [6, 6.07) is 4.23. The van der Waals surface area contributed by atoms with Gasteiger partial charge in [-0.05, 0) is 56.5 Å². The molecular weight excluding hydrogens is 290 g/mol. The number of imidazole rings is 1. The summed E-state index contributed by atoms with van der Waals surface area (Å²) in [7, 11) is 0. The molecule has 1 aromatic heterocycles. The molecule has 3 nitrogen and oxygen atoms in total. The number of fused-ring (bicyclic) bond motifs is 1. The van der Waals surface area contributed by atoms with Crippen molar-refractivity contribution >= 4 is 27.0 Å². The summed E-state index contributed by atoms with van der Waals surface area (Å²) in [4.78, 5) is 8.21. The Morgan fingerprint density at radius 2 is 2.11 bits per heavy atom. The molecule has 0 atom stereocenters. The number of hydrogen-bond donors (Lipinski definition) is 2. The number of halogens is 1. The van der Waals surface area contributed by atoms with Crippen molar-refractivity contribution in [1.82, 2.24) is 15.3 Å². The zero-order valence-corrected chi connectivity index (χ0v) is 12.2. The Labute approximate surface area is 116 Å². The van der Waals surface area contributed by atoms with Crippen LogP contribution >= 0.6 is 15.9 Å². The second-order valence-electron chi connectivity index (χ2n) is 5.20. The monoisotopic (exact) mass is 307 g/mol. The van der Waals surface area contributed by atoms with Gasteiger partial charge >= 0.3 is 0 Å². The van der Waals surface area contributed by atoms with Crippen molar-refractivity contribution in [1.29, 1.82) is 0 Å². The Morgan fingerprint density at radius 3 is 2.89 bits per heavy atom. The molecule has 0 saturated carbocycles. The van der Waals surface area contributed by atoms with Gasteiger partial charge in [0.2, 0.25) is 0 Å². The van der Waals surface area contributed by atoms with Crippen molar-refractivity contribution in [3.8, 4) is 0 Å². The van der Waals surface area contributed by atoms with E-state index < -0.39 is 0 Å². The number of rotatable bonds is 2. The van der Waals surface area contributed by atoms with Crippen LogP contribution in [0, 0.1) is 12.8 Å². The molecule has 2 N–H and O–H groups in total. The number of H-pyrrole nitrogens is 1. The first-order chi connectivity index (χ1) is 8.72. The Kier molecular flexibility index (Phi) is 3.39. The Hall–Kier alpha value is -0.870. The Balaban J connectivity index is 1.86. The molecule has 0 aliphatic carbocycles. The summed E-state index contributed by atoms with van der Waals surface area (Å²) in [6.45, 7) is 4.41. The van der Waals surface area contributed by atoms with E-state index in [0.717, 1.165) is 46.8 Å². The zero-order chi connectivity index (χ0) is 12.5. The van der Waals surface area contributed by atoms with E-state index in [4.69, 9.17) is 4.98 Å². The molecule has 1 saturated heterocycles. The van der Waals surface area contributed by atoms with Gasteiger partial charge in [0.15, 0.2) is 0 Å². The van der Waals surface area contributed by atoms with Crippen LogP contribution in [0.2, 0.25) is 0 Å². The van der Waals surface area contributed by atoms with E-state index >= 15 is 0 Å². The number of aromatic nitrogens is 2. The standard InChI is InChI=1S/C14H18BrN3/c1-9-6-11(15)8-12-14(9)18-13(17-12)7-10-2-4-16-5-3-10/h6,8,10,16H,2-5,7H2,1H3,(H,17,18). The van der Waals surface area contributed by atoms with Gasteiger partial charge in [0.1, 0.15) is 5.82 Å². The fourth-order valence-corrected chi connectivity index (χ4v) is 3.33. The number of benzene rings is 1. The number of piperidine rings is 1. The first-order valence-corrected chi connectivity index (χ1v) is 7.37. The molecule has 18 heavy (non-hydrogen) atoms. The average Bonchev–Trinajstić information content (AvgIpc) is 2.73. The molecular formula is C14H18BrN3. The summed E-state index contributed by atoms with van der Waals surface area (Å²) in [5.41, 5.74) is 3.49. The fraction of sp³-hybridized carbons (Fsp3) is 0.500. The zero-order valence-electron chi connectivity index (χ0n) is 10.6. The van der Waals surface area contributed by atoms with Gasteiger partial charge < -0.3 is 10.3 Å². The highest BCUT2D eigenvalue weighted by molar-refractivity contribution is 9.10. The lowest BCUT2D eigenvalue weighted by atomic mass is 9.94. The highest BCUT2D eigenvalue weighted by Crippen LogP contribution is 2.24. The summed E-state index contributed by atoms with van der Waals surface area (Å²) in [5, 5.41) is 3.41. The van der Waals surface area contributed by atoms with Crippen LogP contribution < -0.4 is 5.32 Å². The molecule has 1 fully saturated rings. The molecule has 0 amide bonds. The summed E-state index contributed by atoms with van der Waals surface area (Å²) < 4.78 is 1.12. The van der Waals surface area contributed by atoms with E-state index in [-0.39, 0.29) is 0 Å². The molecule has 0 unspecified atom stereocenters. The number of hydrogen-bond acceptors (Lipinski definition) is 2. The fourth-order valence-electron chi connectivity index (χ4n) is 2.75. The van der Waals surface area contributed by atoms with Gasteiger partial charge in [-0.15, -0.1) is 0 Å². The van der Waals surface area contributed by atoms with Crippen molar-refractivity contribution in [2.24, 2.45) is 5.92 Å². The predicted molar refractivity (Wildman–Crippen MR) is 77.8 cm³/mol. The molecule has 96 valence electrons. The van der Waals surface area contributed by atoms with E-state index in [9.17, 15) is 0 Å². The minimum absolute atomic E-state index is 0.774. The van der Waals surface area contributed by atoms with Crippen molar-refractivity contribution in [2.75, 3.05) is 13.1 Å². The van der Waals surface area contributed by atoms with E-state index in [1.165, 1.54) is 18.4 Å². The number of aromatic amines is 1. The first kappa shape index (κ1) is 12.2. The highest BCUT2D eigenvalue weighted by Gasteiger charge is 2.16. The van der Waals surface area contributed by atoms with Crippen molar-refractivity contribution < 1.29 is 0 Å². The molecule has 4 heteroatoms. The first-order valence-electron chi connectivity index (χ1n) is 6.58. The van der Waals surface area contributed by atoms with E-state index in [0.29, 0.717) is 0 Å². The summed E-state index contributed by atoms with van der Waals surface area (Å²) in [6.07, 6.45) is 3.60. The van der Waals surface area contributed by atoms with Crippen molar-refractivity contribution in [3.63, 3.8) is 0 Å². The Bertz CT molecular complexity index is 555. The molecule has 1 aliphatic rings. The summed E-state index contributed by atoms with van der Waals surface area (Å²) >= 11 is 3.53. The minimum atomic E-state index is 0.774. The smallest absolute Gasteiger partial charge is 0.107 e. The van der Waals surface area contributed by atoms with Crippen LogP contribution in [0.5, 0.6) is 0 Å². The van der Waals surface area contributed by atoms with Gasteiger partial charge in [-0.3, -0.25) is 0 Å². The number of nitrogens with one attached hydrogen (secondary N) is 2. The van der Waals surface area contributed by atoms with Crippen LogP contribution in [0.1, 0.15) is 24.2 Å². The maximum atomic E-state index is 4.75. The molecule has 3 rings (SSSR count). The van der Waals surface area contributed by atoms with Crippen molar-refractivity contribution in [2.45, 2.75) is 26.2 Å². The van der Waals surface area contributed by atoms with E-state index in [1.54, 1.807) is 0 Å². The van der Waals surface area contributed by atoms with Crippen LogP contribution in [0.3, 0.4) is 0 Å². The topological polar surface area (TPSA) is 40.7 Å². The Morgan fingerprint density at radius 1 is 1.33 bits per heavy atom. The van der Waals surface area contributed by atoms with Gasteiger partial charge in [-0.1, -0.05) is 15.9 Å². The second-order valence-corrected chi connectivity index (χ2v) is 6.12. The normalized spacial score (nSPS) is 17.4. The van der Waals surface area contributed by atoms with Crippen LogP contribution in [-0.4, -0.2) is 23.1 Å². The van der Waals surface area contributed by atoms with Crippen LogP contribution in [0.15, 0.2) is 16.6 Å². The van der Waals surface area contributed by atoms with Crippen LogP contribution in [0.4, 0.5) is 0 Å². The highest BCUT2D eigenvalue weighted by atomic mass is 79.9. The predicted octanol–water partition coefficient (Wildman–Crippen LogP) is 3.18. The largest absolute Gasteiger partial charge is 0.342 e. The lowest BCUT2D eigenvalue weighted by Gasteiger charge is -2.21. The minimum Gasteiger partial charge on any atom is -0.342 e. The third kappa shape index (κ3) is 2.45. The molecule has 0 spiro atoms. The van der Waals surface area contributed by atoms with Crippen LogP contribution in [-0.2, 0) is 6.42 Å². The van der Waals surface area contributed by atoms with Gasteiger partial charge in [0, 0.05) is 10.9 Å². The SMILES string of the molecule is Cc1cc(Br)cc2[nH]c(CC3CCNCC3)nc12. The van der Waals surface area contributed by atoms with Gasteiger partial charge in [-0.25, -0.2) is 4.98 Å². The second kappa shape index (κ2) is 5.02. The maximum Gasteiger partial charge on any atom is 0.107 e. The number of nitrogens with zero attached hydrogens (tertiary/aromatic N) is 1. The molecule has 1 aromatic carbocycles. The molecule has 0 bridgehead atoms. The molecule has 2 heterocycles. The quantitative estimate of drug-likeness (QED) is 0.894. The maximum absolute atomic E-state index is 4.75. The van der Waals surface area contributed by atoms with E-state index in [1.807, 2.05) is 0 Å². The average molecular weight is 308 g/mol. The van der Waals surface area contributed by atoms with Crippen molar-refractivity contribution in [3.05, 3.63) is 28.0 Å². The molecule has 1 aliphatic heterocycles. The van der Waals surface area contributed by atoms with Crippen LogP contribution in [0.25, 0.3) is 11.0 Å². The van der Waals surface area contributed by atoms with E-state index in [2.05, 4.69) is 45.3 Å². The lowest BCUT2D eigenvalue weighted by molar-refractivity contribution is 0.368. The van der Waals surface area contributed by atoms with Gasteiger partial charge in [0.05, 0.1) is 11.0 Å². The van der Waals surface area contributed by atoms with Gasteiger partial charge in [-0.2, -0.15) is 0 Å². The lowest BCUT2D eigenvalue weighted by Crippen LogP contribution is -2.28. The molecule has 2 aromatic rings.